The molecule has 0 aliphatic rings. The minimum absolute atomic E-state index is 0.106. The summed E-state index contributed by atoms with van der Waals surface area (Å²) in [5.41, 5.74) is 6.35. The standard InChI is InChI=1S/C51H33N5/c1-4-16-34(17-5-1)35-28-30-38(31-29-35)50-52-49(37-20-8-3-9-21-37)53-51(54-50)56-45-27-15-12-24-42(45)47-46(56)33-32-41-40-23-11-14-26-44(40)55(48(41)47)43-25-13-10-22-39(43)36-18-6-2-7-19-36/h1-33H/i2D,6D,7D,10D,18D,19D,22D,25D. The number of nitrogens with zero attached hydrogens (tertiary/aromatic N) is 5. The molecule has 0 amide bonds. The Morgan fingerprint density at radius 3 is 1.70 bits per heavy atom. The lowest BCUT2D eigenvalue weighted by Crippen LogP contribution is -2.06. The van der Waals surface area contributed by atoms with Gasteiger partial charge in [0.2, 0.25) is 5.95 Å². The monoisotopic (exact) mass is 723 g/mol. The number of benzene rings is 8. The van der Waals surface area contributed by atoms with E-state index in [0.717, 1.165) is 54.8 Å². The average molecular weight is 724 g/mol. The normalized spacial score (nSPS) is 13.6. The van der Waals surface area contributed by atoms with Gasteiger partial charge >= 0.3 is 0 Å². The van der Waals surface area contributed by atoms with E-state index in [4.69, 9.17) is 23.2 Å². The van der Waals surface area contributed by atoms with Crippen LogP contribution in [0.2, 0.25) is 0 Å². The van der Waals surface area contributed by atoms with Crippen LogP contribution in [0.3, 0.4) is 0 Å². The molecule has 11 rings (SSSR count). The third kappa shape index (κ3) is 5.13. The van der Waals surface area contributed by atoms with Crippen molar-refractivity contribution in [3.05, 3.63) is 200 Å². The van der Waals surface area contributed by atoms with Crippen molar-refractivity contribution in [2.45, 2.75) is 0 Å². The first-order valence-electron chi connectivity index (χ1n) is 22.2. The zero-order valence-corrected chi connectivity index (χ0v) is 29.7. The summed E-state index contributed by atoms with van der Waals surface area (Å²) in [7, 11) is 0. The van der Waals surface area contributed by atoms with Gasteiger partial charge in [-0.15, -0.1) is 0 Å². The molecule has 5 nitrogen and oxygen atoms in total. The maximum Gasteiger partial charge on any atom is 0.238 e. The first-order chi connectivity index (χ1) is 31.1. The Balaban J connectivity index is 1.24. The van der Waals surface area contributed by atoms with Crippen LogP contribution in [0.1, 0.15) is 11.0 Å². The van der Waals surface area contributed by atoms with Crippen LogP contribution >= 0.6 is 0 Å². The van der Waals surface area contributed by atoms with Gasteiger partial charge in [-0.1, -0.05) is 176 Å². The van der Waals surface area contributed by atoms with Crippen LogP contribution in [0.15, 0.2) is 200 Å². The van der Waals surface area contributed by atoms with Gasteiger partial charge in [0.1, 0.15) is 0 Å². The summed E-state index contributed by atoms with van der Waals surface area (Å²) in [6.07, 6.45) is 0. The quantitative estimate of drug-likeness (QED) is 0.172. The van der Waals surface area contributed by atoms with Crippen molar-refractivity contribution in [2.75, 3.05) is 0 Å². The Morgan fingerprint density at radius 2 is 0.964 bits per heavy atom. The molecule has 262 valence electrons. The Morgan fingerprint density at radius 1 is 0.375 bits per heavy atom. The molecule has 0 atom stereocenters. The summed E-state index contributed by atoms with van der Waals surface area (Å²) in [5, 5.41) is 3.25. The van der Waals surface area contributed by atoms with Gasteiger partial charge in [-0.05, 0) is 40.9 Å². The van der Waals surface area contributed by atoms with Gasteiger partial charge in [0.05, 0.1) is 38.7 Å². The Labute approximate surface area is 334 Å². The van der Waals surface area contributed by atoms with Crippen LogP contribution in [0.5, 0.6) is 0 Å². The summed E-state index contributed by atoms with van der Waals surface area (Å²) in [6.45, 7) is 0. The van der Waals surface area contributed by atoms with Gasteiger partial charge in [-0.25, -0.2) is 4.98 Å². The maximum absolute atomic E-state index is 9.49. The highest BCUT2D eigenvalue weighted by atomic mass is 15.2. The minimum Gasteiger partial charge on any atom is -0.308 e. The number of para-hydroxylation sites is 3. The maximum atomic E-state index is 9.49. The Bertz CT molecular complexity index is 3670. The van der Waals surface area contributed by atoms with Crippen LogP contribution in [-0.4, -0.2) is 24.1 Å². The summed E-state index contributed by atoms with van der Waals surface area (Å²) in [4.78, 5) is 15.3. The molecule has 0 fully saturated rings. The summed E-state index contributed by atoms with van der Waals surface area (Å²) in [5.74, 6) is 1.33. The van der Waals surface area contributed by atoms with Gasteiger partial charge in [0.25, 0.3) is 0 Å². The topological polar surface area (TPSA) is 48.5 Å². The number of fused-ring (bicyclic) bond motifs is 7. The molecule has 0 spiro atoms. The number of hydrogen-bond donors (Lipinski definition) is 0. The van der Waals surface area contributed by atoms with Crippen LogP contribution in [0.4, 0.5) is 0 Å². The minimum atomic E-state index is -0.576. The molecule has 11 aromatic rings. The van der Waals surface area contributed by atoms with Crippen LogP contribution in [0, 0.1) is 0 Å². The smallest absolute Gasteiger partial charge is 0.238 e. The van der Waals surface area contributed by atoms with Crippen molar-refractivity contribution in [1.29, 1.82) is 0 Å². The fourth-order valence-corrected chi connectivity index (χ4v) is 7.79. The number of rotatable bonds is 6. The van der Waals surface area contributed by atoms with Gasteiger partial charge in [0.15, 0.2) is 11.6 Å². The molecule has 56 heavy (non-hydrogen) atoms. The van der Waals surface area contributed by atoms with Gasteiger partial charge in [-0.2, -0.15) is 9.97 Å². The molecule has 0 radical (unpaired) electrons. The molecule has 3 aromatic heterocycles. The molecule has 0 aliphatic heterocycles. The van der Waals surface area contributed by atoms with E-state index < -0.39 is 30.2 Å². The lowest BCUT2D eigenvalue weighted by molar-refractivity contribution is 0.953. The first-order valence-corrected chi connectivity index (χ1v) is 18.2. The lowest BCUT2D eigenvalue weighted by Gasteiger charge is -2.15. The third-order valence-electron chi connectivity index (χ3n) is 10.3. The third-order valence-corrected chi connectivity index (χ3v) is 10.3. The molecule has 0 unspecified atom stereocenters. The van der Waals surface area contributed by atoms with Crippen LogP contribution in [-0.2, 0) is 0 Å². The predicted octanol–water partition coefficient (Wildman–Crippen LogP) is 12.7. The largest absolute Gasteiger partial charge is 0.308 e. The number of aromatic nitrogens is 5. The second-order valence-corrected chi connectivity index (χ2v) is 13.4. The number of hydrogen-bond acceptors (Lipinski definition) is 3. The average Bonchev–Trinajstić information content (AvgIpc) is 3.85. The van der Waals surface area contributed by atoms with E-state index in [1.807, 2.05) is 130 Å². The van der Waals surface area contributed by atoms with Gasteiger partial charge in [-0.3, -0.25) is 4.57 Å². The highest BCUT2D eigenvalue weighted by Gasteiger charge is 2.23. The fraction of sp³-hybridized carbons (Fsp3) is 0. The molecule has 0 bridgehead atoms. The second-order valence-electron chi connectivity index (χ2n) is 13.4. The Hall–Kier alpha value is -7.63. The predicted molar refractivity (Wildman–Crippen MR) is 230 cm³/mol. The molecule has 3 heterocycles. The van der Waals surface area contributed by atoms with E-state index >= 15 is 0 Å². The van der Waals surface area contributed by atoms with Crippen molar-refractivity contribution in [3.8, 4) is 56.7 Å². The molecule has 0 N–H and O–H groups in total. The summed E-state index contributed by atoms with van der Waals surface area (Å²) in [6, 6.07) is 45.3. The molecule has 8 aromatic carbocycles. The van der Waals surface area contributed by atoms with E-state index in [1.165, 1.54) is 6.07 Å². The van der Waals surface area contributed by atoms with Crippen molar-refractivity contribution >= 4 is 43.6 Å². The first kappa shape index (κ1) is 24.6. The molecule has 0 saturated carbocycles. The van der Waals surface area contributed by atoms with Gasteiger partial charge in [0, 0.05) is 38.2 Å². The fourth-order valence-electron chi connectivity index (χ4n) is 7.79. The molecule has 5 heteroatoms. The van der Waals surface area contributed by atoms with Crippen molar-refractivity contribution in [2.24, 2.45) is 0 Å². The summed E-state index contributed by atoms with van der Waals surface area (Å²) < 4.78 is 74.8. The van der Waals surface area contributed by atoms with Crippen LogP contribution < -0.4 is 0 Å². The van der Waals surface area contributed by atoms with E-state index in [9.17, 15) is 2.74 Å². The highest BCUT2D eigenvalue weighted by molar-refractivity contribution is 6.26. The van der Waals surface area contributed by atoms with E-state index in [1.54, 1.807) is 0 Å². The molecular weight excluding hydrogens is 683 g/mol. The molecule has 0 aliphatic carbocycles. The highest BCUT2D eigenvalue weighted by Crippen LogP contribution is 2.43. The van der Waals surface area contributed by atoms with Gasteiger partial charge < -0.3 is 4.57 Å². The zero-order valence-electron chi connectivity index (χ0n) is 37.7. The van der Waals surface area contributed by atoms with Crippen LogP contribution in [0.25, 0.3) is 100 Å². The van der Waals surface area contributed by atoms with Crippen molar-refractivity contribution in [1.82, 2.24) is 24.1 Å². The van der Waals surface area contributed by atoms with E-state index in [-0.39, 0.29) is 34.9 Å². The van der Waals surface area contributed by atoms with E-state index in [0.29, 0.717) is 28.6 Å². The zero-order chi connectivity index (χ0) is 44.0. The second kappa shape index (κ2) is 13.0. The lowest BCUT2D eigenvalue weighted by atomic mass is 10.0. The van der Waals surface area contributed by atoms with Crippen molar-refractivity contribution < 1.29 is 11.0 Å². The Kier molecular flexibility index (Phi) is 5.74. The van der Waals surface area contributed by atoms with Crippen molar-refractivity contribution in [3.63, 3.8) is 0 Å². The molecular formula is C51H33N5. The SMILES string of the molecule is [2H]c1cc([2H])c(-n2c3ccccc3c3ccc4c(c5ccccc5n4-c4nc(-c5ccccc5)nc(-c5ccc(-c6ccccc6)cc5)n4)c32)c(-c2c([2H])c([2H])c([2H])c([2H])c2[2H])c1[2H]. The van der Waals surface area contributed by atoms with E-state index in [2.05, 4.69) is 24.3 Å². The molecule has 0 saturated heterocycles. The summed E-state index contributed by atoms with van der Waals surface area (Å²) >= 11 is 0.